The monoisotopic (exact) mass is 366 g/mol. The van der Waals surface area contributed by atoms with Crippen molar-refractivity contribution in [1.82, 2.24) is 9.88 Å². The van der Waals surface area contributed by atoms with Crippen LogP contribution in [0.5, 0.6) is 0 Å². The second-order valence-electron chi connectivity index (χ2n) is 6.20. The zero-order valence-electron chi connectivity index (χ0n) is 14.5. The van der Waals surface area contributed by atoms with E-state index in [1.165, 1.54) is 0 Å². The van der Waals surface area contributed by atoms with E-state index < -0.39 is 0 Å². The van der Waals surface area contributed by atoms with Crippen LogP contribution < -0.4 is 4.90 Å². The van der Waals surface area contributed by atoms with Crippen LogP contribution in [0.1, 0.15) is 18.1 Å². The van der Waals surface area contributed by atoms with E-state index in [4.69, 9.17) is 11.6 Å². The highest BCUT2D eigenvalue weighted by molar-refractivity contribution is 6.30. The number of halogens is 1. The van der Waals surface area contributed by atoms with Crippen LogP contribution in [0.2, 0.25) is 5.02 Å². The third-order valence-corrected chi connectivity index (χ3v) is 4.62. The van der Waals surface area contributed by atoms with E-state index in [0.29, 0.717) is 36.0 Å². The minimum atomic E-state index is -0.0290. The Morgan fingerprint density at radius 3 is 2.92 bits per heavy atom. The molecule has 132 valence electrons. The number of rotatable bonds is 3. The standard InChI is InChI=1S/C20H19ClN4O/c1-15-14-24(20-17(13-22)5-3-9-23-20)10-11-25(15)19(26)8-7-16-4-2-6-18(21)12-16/h2-9,12,15H,10-11,14H2,1H3/b8-7+/t15-/m0/s1. The Bertz CT molecular complexity index is 874. The van der Waals surface area contributed by atoms with Crippen molar-refractivity contribution in [2.75, 3.05) is 24.5 Å². The van der Waals surface area contributed by atoms with Crippen LogP contribution in [0.3, 0.4) is 0 Å². The fourth-order valence-corrected chi connectivity index (χ4v) is 3.29. The van der Waals surface area contributed by atoms with Gasteiger partial charge in [0.1, 0.15) is 11.9 Å². The Hall–Kier alpha value is -2.84. The Labute approximate surface area is 158 Å². The van der Waals surface area contributed by atoms with Crippen molar-refractivity contribution in [1.29, 1.82) is 5.26 Å². The summed E-state index contributed by atoms with van der Waals surface area (Å²) in [4.78, 5) is 20.8. The highest BCUT2D eigenvalue weighted by Crippen LogP contribution is 2.21. The minimum Gasteiger partial charge on any atom is -0.352 e. The smallest absolute Gasteiger partial charge is 0.246 e. The number of anilines is 1. The highest BCUT2D eigenvalue weighted by Gasteiger charge is 2.27. The first-order valence-corrected chi connectivity index (χ1v) is 8.80. The molecule has 0 bridgehead atoms. The molecule has 1 aromatic carbocycles. The fourth-order valence-electron chi connectivity index (χ4n) is 3.09. The van der Waals surface area contributed by atoms with Gasteiger partial charge in [-0.25, -0.2) is 4.98 Å². The Balaban J connectivity index is 1.67. The number of benzene rings is 1. The van der Waals surface area contributed by atoms with Gasteiger partial charge in [-0.1, -0.05) is 23.7 Å². The summed E-state index contributed by atoms with van der Waals surface area (Å²) in [6.45, 7) is 3.88. The van der Waals surface area contributed by atoms with Gasteiger partial charge in [0.15, 0.2) is 0 Å². The van der Waals surface area contributed by atoms with Gasteiger partial charge in [-0.2, -0.15) is 5.26 Å². The Kier molecular flexibility index (Phi) is 5.55. The quantitative estimate of drug-likeness (QED) is 0.781. The lowest BCUT2D eigenvalue weighted by Gasteiger charge is -2.40. The molecule has 1 aromatic heterocycles. The van der Waals surface area contributed by atoms with Gasteiger partial charge in [0.2, 0.25) is 5.91 Å². The summed E-state index contributed by atoms with van der Waals surface area (Å²) < 4.78 is 0. The zero-order chi connectivity index (χ0) is 18.5. The summed E-state index contributed by atoms with van der Waals surface area (Å²) in [5.41, 5.74) is 1.45. The van der Waals surface area contributed by atoms with Crippen molar-refractivity contribution in [3.8, 4) is 6.07 Å². The summed E-state index contributed by atoms with van der Waals surface area (Å²) in [6.07, 6.45) is 5.05. The normalized spacial score (nSPS) is 17.3. The maximum Gasteiger partial charge on any atom is 0.246 e. The number of aromatic nitrogens is 1. The number of nitrogens with zero attached hydrogens (tertiary/aromatic N) is 4. The molecule has 6 heteroatoms. The average molecular weight is 367 g/mol. The van der Waals surface area contributed by atoms with Gasteiger partial charge in [-0.15, -0.1) is 0 Å². The molecule has 0 N–H and O–H groups in total. The van der Waals surface area contributed by atoms with Crippen molar-refractivity contribution in [2.45, 2.75) is 13.0 Å². The molecule has 1 fully saturated rings. The third-order valence-electron chi connectivity index (χ3n) is 4.38. The predicted octanol–water partition coefficient (Wildman–Crippen LogP) is 3.36. The average Bonchev–Trinajstić information content (AvgIpc) is 2.66. The van der Waals surface area contributed by atoms with Crippen LogP contribution in [0, 0.1) is 11.3 Å². The van der Waals surface area contributed by atoms with Gasteiger partial charge in [0, 0.05) is 43.0 Å². The molecule has 1 aliphatic rings. The molecule has 2 aromatic rings. The summed E-state index contributed by atoms with van der Waals surface area (Å²) in [6, 6.07) is 13.1. The van der Waals surface area contributed by atoms with Gasteiger partial charge in [-0.05, 0) is 42.8 Å². The van der Waals surface area contributed by atoms with Crippen LogP contribution in [0.15, 0.2) is 48.7 Å². The molecule has 26 heavy (non-hydrogen) atoms. The number of piperazine rings is 1. The summed E-state index contributed by atoms with van der Waals surface area (Å²) in [5, 5.41) is 9.90. The SMILES string of the molecule is C[C@H]1CN(c2ncccc2C#N)CCN1C(=O)/C=C/c1cccc(Cl)c1. The molecule has 0 saturated carbocycles. The Morgan fingerprint density at radius 2 is 2.19 bits per heavy atom. The Morgan fingerprint density at radius 1 is 1.35 bits per heavy atom. The molecule has 1 atom stereocenters. The first kappa shape index (κ1) is 18.0. The lowest BCUT2D eigenvalue weighted by atomic mass is 10.1. The number of pyridine rings is 1. The summed E-state index contributed by atoms with van der Waals surface area (Å²) in [5.74, 6) is 0.655. The fraction of sp³-hybridized carbons (Fsp3) is 0.250. The van der Waals surface area contributed by atoms with Crippen molar-refractivity contribution < 1.29 is 4.79 Å². The number of carbonyl (C=O) groups excluding carboxylic acids is 1. The van der Waals surface area contributed by atoms with E-state index in [1.807, 2.05) is 30.0 Å². The molecule has 0 radical (unpaired) electrons. The van der Waals surface area contributed by atoms with Crippen molar-refractivity contribution in [3.63, 3.8) is 0 Å². The first-order chi connectivity index (χ1) is 12.6. The third kappa shape index (κ3) is 4.04. The van der Waals surface area contributed by atoms with E-state index in [9.17, 15) is 10.1 Å². The zero-order valence-corrected chi connectivity index (χ0v) is 15.2. The molecule has 1 amide bonds. The molecule has 0 spiro atoms. The van der Waals surface area contributed by atoms with E-state index in [2.05, 4.69) is 16.0 Å². The molecule has 2 heterocycles. The molecule has 5 nitrogen and oxygen atoms in total. The summed E-state index contributed by atoms with van der Waals surface area (Å²) in [7, 11) is 0. The number of amides is 1. The van der Waals surface area contributed by atoms with Crippen LogP contribution >= 0.6 is 11.6 Å². The summed E-state index contributed by atoms with van der Waals surface area (Å²) >= 11 is 5.97. The van der Waals surface area contributed by atoms with Gasteiger partial charge >= 0.3 is 0 Å². The molecule has 0 aliphatic carbocycles. The van der Waals surface area contributed by atoms with E-state index in [1.54, 1.807) is 36.5 Å². The molecular formula is C20H19ClN4O. The highest BCUT2D eigenvalue weighted by atomic mass is 35.5. The maximum atomic E-state index is 12.6. The second-order valence-corrected chi connectivity index (χ2v) is 6.64. The van der Waals surface area contributed by atoms with Crippen LogP contribution in [0.4, 0.5) is 5.82 Å². The second kappa shape index (κ2) is 8.03. The van der Waals surface area contributed by atoms with Crippen LogP contribution in [-0.4, -0.2) is 41.5 Å². The molecular weight excluding hydrogens is 348 g/mol. The van der Waals surface area contributed by atoms with Crippen LogP contribution in [0.25, 0.3) is 6.08 Å². The number of hydrogen-bond acceptors (Lipinski definition) is 4. The van der Waals surface area contributed by atoms with Crippen LogP contribution in [-0.2, 0) is 4.79 Å². The lowest BCUT2D eigenvalue weighted by molar-refractivity contribution is -0.128. The van der Waals surface area contributed by atoms with E-state index >= 15 is 0 Å². The largest absolute Gasteiger partial charge is 0.352 e. The van der Waals surface area contributed by atoms with E-state index in [-0.39, 0.29) is 11.9 Å². The van der Waals surface area contributed by atoms with Crippen molar-refractivity contribution in [3.05, 3.63) is 64.8 Å². The van der Waals surface area contributed by atoms with E-state index in [0.717, 1.165) is 5.56 Å². The topological polar surface area (TPSA) is 60.2 Å². The maximum absolute atomic E-state index is 12.6. The van der Waals surface area contributed by atoms with Gasteiger partial charge < -0.3 is 9.80 Å². The molecule has 1 saturated heterocycles. The molecule has 1 aliphatic heterocycles. The van der Waals surface area contributed by atoms with Crippen molar-refractivity contribution in [2.24, 2.45) is 0 Å². The molecule has 3 rings (SSSR count). The van der Waals surface area contributed by atoms with Gasteiger partial charge in [0.25, 0.3) is 0 Å². The van der Waals surface area contributed by atoms with Gasteiger partial charge in [-0.3, -0.25) is 4.79 Å². The predicted molar refractivity (Wildman–Crippen MR) is 103 cm³/mol. The minimum absolute atomic E-state index is 0.0220. The van der Waals surface area contributed by atoms with Crippen molar-refractivity contribution >= 4 is 29.4 Å². The van der Waals surface area contributed by atoms with Gasteiger partial charge in [0.05, 0.1) is 5.56 Å². The number of carbonyl (C=O) groups is 1. The number of hydrogen-bond donors (Lipinski definition) is 0. The lowest BCUT2D eigenvalue weighted by Crippen LogP contribution is -2.54. The number of nitriles is 1. The first-order valence-electron chi connectivity index (χ1n) is 8.43. The molecule has 0 unspecified atom stereocenters.